The zero-order valence-corrected chi connectivity index (χ0v) is 21.4. The number of amides is 1. The molecule has 0 aliphatic carbocycles. The summed E-state index contributed by atoms with van der Waals surface area (Å²) in [5.41, 5.74) is -1.14. The van der Waals surface area contributed by atoms with Gasteiger partial charge in [-0.2, -0.15) is 4.31 Å². The van der Waals surface area contributed by atoms with E-state index in [2.05, 4.69) is 0 Å². The summed E-state index contributed by atoms with van der Waals surface area (Å²) in [7, 11) is -2.35. The fraction of sp³-hybridized carbons (Fsp3) is 0.480. The topological polar surface area (TPSA) is 85.4 Å². The normalized spacial score (nSPS) is 21.5. The molecule has 0 unspecified atom stereocenters. The van der Waals surface area contributed by atoms with E-state index >= 15 is 0 Å². The molecule has 0 saturated carbocycles. The van der Waals surface area contributed by atoms with Gasteiger partial charge in [0, 0.05) is 37.3 Å². The van der Waals surface area contributed by atoms with Gasteiger partial charge in [-0.15, -0.1) is 0 Å². The van der Waals surface area contributed by atoms with Crippen molar-refractivity contribution in [2.24, 2.45) is 0 Å². The highest BCUT2D eigenvalue weighted by molar-refractivity contribution is 7.89. The molecule has 0 bridgehead atoms. The van der Waals surface area contributed by atoms with E-state index in [4.69, 9.17) is 25.8 Å². The van der Waals surface area contributed by atoms with Crippen molar-refractivity contribution in [1.82, 2.24) is 9.21 Å². The quantitative estimate of drug-likeness (QED) is 0.526. The first-order valence-corrected chi connectivity index (χ1v) is 13.6. The molecule has 0 spiro atoms. The largest absolute Gasteiger partial charge is 0.497 e. The van der Waals surface area contributed by atoms with Gasteiger partial charge in [-0.25, -0.2) is 8.42 Å². The molecule has 2 aliphatic rings. The van der Waals surface area contributed by atoms with Gasteiger partial charge in [-0.1, -0.05) is 23.7 Å². The Morgan fingerprint density at radius 2 is 1.80 bits per heavy atom. The van der Waals surface area contributed by atoms with Gasteiger partial charge in [-0.05, 0) is 49.6 Å². The Kier molecular flexibility index (Phi) is 8.21. The molecular weight excluding hydrogens is 492 g/mol. The number of halogens is 1. The van der Waals surface area contributed by atoms with Crippen LogP contribution in [0.25, 0.3) is 0 Å². The molecule has 0 aromatic heterocycles. The lowest BCUT2D eigenvalue weighted by molar-refractivity contribution is -0.151. The average Bonchev–Trinajstić information content (AvgIpc) is 2.88. The third kappa shape index (κ3) is 6.27. The van der Waals surface area contributed by atoms with E-state index in [9.17, 15) is 13.2 Å². The highest BCUT2D eigenvalue weighted by Crippen LogP contribution is 2.30. The molecule has 2 aliphatic heterocycles. The van der Waals surface area contributed by atoms with Crippen LogP contribution in [0.4, 0.5) is 0 Å². The molecule has 1 amide bonds. The summed E-state index contributed by atoms with van der Waals surface area (Å²) < 4.78 is 45.7. The SMILES string of the molecule is COc1cccc(S(=O)(=O)N2CCO[C@](COc3cccc(Cl)c3)(CC(=O)N3CCCCC3)C2)c1. The fourth-order valence-corrected chi connectivity index (χ4v) is 6.19. The smallest absolute Gasteiger partial charge is 0.243 e. The van der Waals surface area contributed by atoms with E-state index < -0.39 is 15.6 Å². The second kappa shape index (κ2) is 11.2. The standard InChI is InChI=1S/C25H31ClN2O6S/c1-32-21-8-6-10-23(16-21)35(30,31)28-13-14-34-25(18-28,17-24(29)27-11-3-2-4-12-27)19-33-22-9-5-7-20(26)15-22/h5-10,15-16H,2-4,11-14,17-19H2,1H3/t25-/m1/s1. The third-order valence-electron chi connectivity index (χ3n) is 6.37. The number of sulfonamides is 1. The van der Waals surface area contributed by atoms with Gasteiger partial charge in [0.15, 0.2) is 0 Å². The monoisotopic (exact) mass is 522 g/mol. The maximum Gasteiger partial charge on any atom is 0.243 e. The Balaban J connectivity index is 1.59. The summed E-state index contributed by atoms with van der Waals surface area (Å²) in [6.45, 7) is 1.74. The predicted octanol–water partition coefficient (Wildman–Crippen LogP) is 3.59. The Bertz CT molecular complexity index is 1140. The zero-order chi connectivity index (χ0) is 24.9. The van der Waals surface area contributed by atoms with Crippen LogP contribution < -0.4 is 9.47 Å². The Labute approximate surface area is 211 Å². The summed E-state index contributed by atoms with van der Waals surface area (Å²) in [4.78, 5) is 15.2. The molecule has 0 N–H and O–H groups in total. The summed E-state index contributed by atoms with van der Waals surface area (Å²) in [5.74, 6) is 0.925. The number of hydrogen-bond acceptors (Lipinski definition) is 6. The molecule has 0 radical (unpaired) electrons. The van der Waals surface area contributed by atoms with Gasteiger partial charge >= 0.3 is 0 Å². The minimum absolute atomic E-state index is 0.00725. The molecule has 2 heterocycles. The van der Waals surface area contributed by atoms with E-state index in [1.165, 1.54) is 23.5 Å². The lowest BCUT2D eigenvalue weighted by Crippen LogP contribution is -2.58. The van der Waals surface area contributed by atoms with Crippen LogP contribution in [-0.2, 0) is 19.6 Å². The molecule has 190 valence electrons. The maximum atomic E-state index is 13.5. The van der Waals surface area contributed by atoms with Crippen molar-refractivity contribution < 1.29 is 27.4 Å². The molecule has 2 fully saturated rings. The molecule has 2 saturated heterocycles. The fourth-order valence-electron chi connectivity index (χ4n) is 4.47. The van der Waals surface area contributed by atoms with Crippen molar-refractivity contribution in [3.05, 3.63) is 53.6 Å². The Morgan fingerprint density at radius 1 is 1.06 bits per heavy atom. The lowest BCUT2D eigenvalue weighted by Gasteiger charge is -2.42. The highest BCUT2D eigenvalue weighted by Gasteiger charge is 2.44. The first-order valence-electron chi connectivity index (χ1n) is 11.8. The number of nitrogens with zero attached hydrogens (tertiary/aromatic N) is 2. The number of carbonyl (C=O) groups excluding carboxylic acids is 1. The van der Waals surface area contributed by atoms with Crippen molar-refractivity contribution >= 4 is 27.5 Å². The van der Waals surface area contributed by atoms with Crippen molar-refractivity contribution in [3.8, 4) is 11.5 Å². The van der Waals surface area contributed by atoms with Crippen molar-refractivity contribution in [1.29, 1.82) is 0 Å². The number of methoxy groups -OCH3 is 1. The van der Waals surface area contributed by atoms with Crippen LogP contribution >= 0.6 is 11.6 Å². The van der Waals surface area contributed by atoms with Gasteiger partial charge in [0.25, 0.3) is 0 Å². The van der Waals surface area contributed by atoms with Crippen LogP contribution in [0.3, 0.4) is 0 Å². The molecule has 35 heavy (non-hydrogen) atoms. The average molecular weight is 523 g/mol. The number of ether oxygens (including phenoxy) is 3. The van der Waals surface area contributed by atoms with Crippen LogP contribution in [0, 0.1) is 0 Å². The van der Waals surface area contributed by atoms with E-state index in [1.807, 2.05) is 4.90 Å². The number of morpholine rings is 1. The van der Waals surface area contributed by atoms with Crippen LogP contribution in [0.15, 0.2) is 53.4 Å². The predicted molar refractivity (Wildman–Crippen MR) is 132 cm³/mol. The van der Waals surface area contributed by atoms with E-state index in [0.717, 1.165) is 19.3 Å². The van der Waals surface area contributed by atoms with Crippen molar-refractivity contribution in [2.75, 3.05) is 46.5 Å². The van der Waals surface area contributed by atoms with Crippen molar-refractivity contribution in [2.45, 2.75) is 36.2 Å². The molecular formula is C25H31ClN2O6S. The van der Waals surface area contributed by atoms with Crippen molar-refractivity contribution in [3.63, 3.8) is 0 Å². The van der Waals surface area contributed by atoms with E-state index in [-0.39, 0.29) is 43.5 Å². The maximum absolute atomic E-state index is 13.5. The first-order chi connectivity index (χ1) is 16.8. The molecule has 2 aromatic carbocycles. The zero-order valence-electron chi connectivity index (χ0n) is 19.8. The number of piperidine rings is 1. The molecule has 10 heteroatoms. The van der Waals surface area contributed by atoms with Gasteiger partial charge in [0.05, 0.1) is 25.0 Å². The van der Waals surface area contributed by atoms with Gasteiger partial charge in [0.2, 0.25) is 15.9 Å². The number of likely N-dealkylation sites (tertiary alicyclic amines) is 1. The summed E-state index contributed by atoms with van der Waals surface area (Å²) in [5, 5.41) is 0.521. The molecule has 4 rings (SSSR count). The van der Waals surface area contributed by atoms with Crippen LogP contribution in [0.2, 0.25) is 5.02 Å². The summed E-state index contributed by atoms with van der Waals surface area (Å²) in [6.07, 6.45) is 3.07. The molecule has 8 nitrogen and oxygen atoms in total. The Morgan fingerprint density at radius 3 is 2.54 bits per heavy atom. The number of hydrogen-bond donors (Lipinski definition) is 0. The van der Waals surface area contributed by atoms with E-state index in [0.29, 0.717) is 29.6 Å². The molecule has 1 atom stereocenters. The van der Waals surface area contributed by atoms with Gasteiger partial charge in [0.1, 0.15) is 23.7 Å². The molecule has 2 aromatic rings. The first kappa shape index (κ1) is 25.8. The number of rotatable bonds is 8. The van der Waals surface area contributed by atoms with Gasteiger partial charge < -0.3 is 19.1 Å². The minimum atomic E-state index is -3.84. The van der Waals surface area contributed by atoms with Crippen LogP contribution in [0.5, 0.6) is 11.5 Å². The van der Waals surface area contributed by atoms with Crippen LogP contribution in [0.1, 0.15) is 25.7 Å². The number of carbonyl (C=O) groups is 1. The van der Waals surface area contributed by atoms with E-state index in [1.54, 1.807) is 36.4 Å². The second-order valence-corrected chi connectivity index (χ2v) is 11.3. The van der Waals surface area contributed by atoms with Gasteiger partial charge in [-0.3, -0.25) is 4.79 Å². The second-order valence-electron chi connectivity index (χ2n) is 8.91. The summed E-state index contributed by atoms with van der Waals surface area (Å²) >= 11 is 6.09. The summed E-state index contributed by atoms with van der Waals surface area (Å²) in [6, 6.07) is 13.3. The Hall–Kier alpha value is -2.33. The highest BCUT2D eigenvalue weighted by atomic mass is 35.5. The third-order valence-corrected chi connectivity index (χ3v) is 8.45. The minimum Gasteiger partial charge on any atom is -0.497 e. The van der Waals surface area contributed by atoms with Crippen LogP contribution in [-0.4, -0.2) is 75.6 Å². The number of benzene rings is 2. The lowest BCUT2D eigenvalue weighted by atomic mass is 9.97.